The number of hydrogen-bond acceptors (Lipinski definition) is 2. The van der Waals surface area contributed by atoms with E-state index in [0.717, 1.165) is 55.8 Å². The van der Waals surface area contributed by atoms with Crippen LogP contribution in [0.25, 0.3) is 0 Å². The molecular formula is C24H41F3O2. The summed E-state index contributed by atoms with van der Waals surface area (Å²) < 4.78 is 38.0. The molecule has 0 heterocycles. The zero-order chi connectivity index (χ0) is 21.7. The molecule has 11 atom stereocenters. The lowest BCUT2D eigenvalue weighted by atomic mass is 9.72. The summed E-state index contributed by atoms with van der Waals surface area (Å²) in [5.74, 6) is 6.78. The number of aliphatic hydroxyl groups is 2. The summed E-state index contributed by atoms with van der Waals surface area (Å²) in [6.07, 6.45) is 1.18. The van der Waals surface area contributed by atoms with Gasteiger partial charge in [-0.05, 0) is 105 Å². The molecule has 0 aromatic carbocycles. The Hall–Kier alpha value is -0.290. The van der Waals surface area contributed by atoms with Crippen LogP contribution in [0.15, 0.2) is 0 Å². The molecule has 0 aliphatic heterocycles. The summed E-state index contributed by atoms with van der Waals surface area (Å²) in [4.78, 5) is 0. The minimum Gasteiger partial charge on any atom is -0.396 e. The van der Waals surface area contributed by atoms with E-state index in [0.29, 0.717) is 30.3 Å². The maximum Gasteiger partial charge on any atom is 0.416 e. The topological polar surface area (TPSA) is 40.5 Å². The van der Waals surface area contributed by atoms with Crippen molar-refractivity contribution in [2.24, 2.45) is 59.2 Å². The second-order valence-corrected chi connectivity index (χ2v) is 11.2. The van der Waals surface area contributed by atoms with Crippen LogP contribution in [0.5, 0.6) is 0 Å². The second kappa shape index (κ2) is 8.33. The van der Waals surface area contributed by atoms with Gasteiger partial charge in [-0.3, -0.25) is 0 Å². The van der Waals surface area contributed by atoms with Gasteiger partial charge in [0.2, 0.25) is 0 Å². The molecule has 0 amide bonds. The average Bonchev–Trinajstić information content (AvgIpc) is 3.33. The van der Waals surface area contributed by atoms with E-state index in [1.165, 1.54) is 12.8 Å². The smallest absolute Gasteiger partial charge is 0.396 e. The van der Waals surface area contributed by atoms with Crippen molar-refractivity contribution in [1.82, 2.24) is 0 Å². The van der Waals surface area contributed by atoms with Gasteiger partial charge in [0.25, 0.3) is 0 Å². The molecule has 4 aliphatic rings. The van der Waals surface area contributed by atoms with Crippen LogP contribution in [-0.4, -0.2) is 28.6 Å². The van der Waals surface area contributed by atoms with Crippen LogP contribution >= 0.6 is 0 Å². The number of rotatable bonds is 4. The summed E-state index contributed by atoms with van der Waals surface area (Å²) in [5.41, 5.74) is -2.52. The fraction of sp³-hybridized carbons (Fsp3) is 1.00. The molecule has 0 radical (unpaired) electrons. The fourth-order valence-corrected chi connectivity index (χ4v) is 7.55. The van der Waals surface area contributed by atoms with Crippen LogP contribution < -0.4 is 0 Å². The Bertz CT molecular complexity index is 557. The van der Waals surface area contributed by atoms with Gasteiger partial charge in [-0.1, -0.05) is 27.7 Å². The minimum absolute atomic E-state index is 0.0443. The molecule has 11 unspecified atom stereocenters. The minimum atomic E-state index is -4.51. The maximum atomic E-state index is 12.7. The highest BCUT2D eigenvalue weighted by molar-refractivity contribution is 5.00. The summed E-state index contributed by atoms with van der Waals surface area (Å²) in [6, 6.07) is 0. The maximum absolute atomic E-state index is 12.7. The molecular weight excluding hydrogens is 377 g/mol. The molecule has 2 nitrogen and oxygen atoms in total. The van der Waals surface area contributed by atoms with Gasteiger partial charge in [-0.2, -0.15) is 13.2 Å². The summed E-state index contributed by atoms with van der Waals surface area (Å²) in [5, 5.41) is 18.5. The molecule has 0 spiro atoms. The molecule has 5 heteroatoms. The van der Waals surface area contributed by atoms with E-state index < -0.39 is 11.8 Å². The molecule has 4 fully saturated rings. The van der Waals surface area contributed by atoms with E-state index in [4.69, 9.17) is 5.11 Å². The Labute approximate surface area is 174 Å². The predicted molar refractivity (Wildman–Crippen MR) is 109 cm³/mol. The number of aliphatic hydroxyl groups excluding tert-OH is 1. The summed E-state index contributed by atoms with van der Waals surface area (Å²) in [7, 11) is 0. The lowest BCUT2D eigenvalue weighted by molar-refractivity contribution is -0.260. The number of fused-ring (bicyclic) bond motifs is 4. The van der Waals surface area contributed by atoms with Crippen molar-refractivity contribution in [3.63, 3.8) is 0 Å². The molecule has 2 N–H and O–H groups in total. The molecule has 0 saturated heterocycles. The molecule has 4 aliphatic carbocycles. The van der Waals surface area contributed by atoms with Crippen LogP contribution in [0.4, 0.5) is 13.2 Å². The SMILES string of the molecule is CC1C2CC(CC(C)(O)C(F)(F)F)C(C2)C1C.CC1C2CC(CCO)C(C2)C1C. The summed E-state index contributed by atoms with van der Waals surface area (Å²) >= 11 is 0. The highest BCUT2D eigenvalue weighted by Gasteiger charge is 2.55. The van der Waals surface area contributed by atoms with Gasteiger partial charge in [0, 0.05) is 6.61 Å². The lowest BCUT2D eigenvalue weighted by Crippen LogP contribution is -2.45. The molecule has 4 rings (SSSR count). The van der Waals surface area contributed by atoms with Crippen molar-refractivity contribution in [2.75, 3.05) is 6.61 Å². The van der Waals surface area contributed by atoms with E-state index >= 15 is 0 Å². The fourth-order valence-electron chi connectivity index (χ4n) is 7.55. The van der Waals surface area contributed by atoms with Gasteiger partial charge in [0.05, 0.1) is 0 Å². The first-order valence-electron chi connectivity index (χ1n) is 11.8. The van der Waals surface area contributed by atoms with E-state index in [9.17, 15) is 18.3 Å². The molecule has 0 aromatic heterocycles. The van der Waals surface area contributed by atoms with Crippen molar-refractivity contribution in [3.05, 3.63) is 0 Å². The highest BCUT2D eigenvalue weighted by Crippen LogP contribution is 2.58. The Morgan fingerprint density at radius 3 is 1.59 bits per heavy atom. The Morgan fingerprint density at radius 2 is 1.21 bits per heavy atom. The molecule has 4 bridgehead atoms. The average molecular weight is 419 g/mol. The Morgan fingerprint density at radius 1 is 0.759 bits per heavy atom. The lowest BCUT2D eigenvalue weighted by Gasteiger charge is -2.36. The third-order valence-corrected chi connectivity index (χ3v) is 9.84. The van der Waals surface area contributed by atoms with Gasteiger partial charge in [0.15, 0.2) is 5.60 Å². The van der Waals surface area contributed by atoms with E-state index in [1.807, 2.05) is 0 Å². The normalized spacial score (nSPS) is 47.8. The third kappa shape index (κ3) is 4.37. The van der Waals surface area contributed by atoms with E-state index in [2.05, 4.69) is 27.7 Å². The largest absolute Gasteiger partial charge is 0.416 e. The van der Waals surface area contributed by atoms with Crippen molar-refractivity contribution >= 4 is 0 Å². The second-order valence-electron chi connectivity index (χ2n) is 11.2. The highest BCUT2D eigenvalue weighted by atomic mass is 19.4. The van der Waals surface area contributed by atoms with Crippen molar-refractivity contribution in [1.29, 1.82) is 0 Å². The van der Waals surface area contributed by atoms with Crippen LogP contribution in [0.3, 0.4) is 0 Å². The van der Waals surface area contributed by atoms with Crippen molar-refractivity contribution in [2.45, 2.75) is 84.9 Å². The number of alkyl halides is 3. The van der Waals surface area contributed by atoms with Gasteiger partial charge in [0.1, 0.15) is 0 Å². The zero-order valence-corrected chi connectivity index (χ0v) is 18.8. The van der Waals surface area contributed by atoms with E-state index in [-0.39, 0.29) is 12.3 Å². The predicted octanol–water partition coefficient (Wildman–Crippen LogP) is 5.92. The first kappa shape index (κ1) is 23.4. The molecule has 170 valence electrons. The number of hydrogen-bond donors (Lipinski definition) is 2. The van der Waals surface area contributed by atoms with Gasteiger partial charge in [-0.25, -0.2) is 0 Å². The first-order valence-corrected chi connectivity index (χ1v) is 11.8. The standard InChI is InChI=1S/C13H21F3O.C11H20O/c1-7-8(2)11-5-9(7)4-10(11)6-12(3,17)13(14,15)16;1-7-8(2)11-6-10(7)5-9(11)3-4-12/h7-11,17H,4-6H2,1-3H3;7-12H,3-6H2,1-2H3. The van der Waals surface area contributed by atoms with Crippen molar-refractivity contribution in [3.8, 4) is 0 Å². The summed E-state index contributed by atoms with van der Waals surface area (Å²) in [6.45, 7) is 10.5. The van der Waals surface area contributed by atoms with Crippen LogP contribution in [0, 0.1) is 59.2 Å². The number of halogens is 3. The zero-order valence-electron chi connectivity index (χ0n) is 18.8. The van der Waals surface area contributed by atoms with Crippen LogP contribution in [-0.2, 0) is 0 Å². The van der Waals surface area contributed by atoms with Gasteiger partial charge >= 0.3 is 6.18 Å². The quantitative estimate of drug-likeness (QED) is 0.595. The van der Waals surface area contributed by atoms with Gasteiger partial charge in [-0.15, -0.1) is 0 Å². The third-order valence-electron chi connectivity index (χ3n) is 9.84. The van der Waals surface area contributed by atoms with Crippen molar-refractivity contribution < 1.29 is 23.4 Å². The molecule has 29 heavy (non-hydrogen) atoms. The van der Waals surface area contributed by atoms with E-state index in [1.54, 1.807) is 0 Å². The van der Waals surface area contributed by atoms with Crippen LogP contribution in [0.1, 0.15) is 73.1 Å². The van der Waals surface area contributed by atoms with Crippen LogP contribution in [0.2, 0.25) is 0 Å². The Balaban J connectivity index is 0.000000176. The monoisotopic (exact) mass is 418 g/mol. The van der Waals surface area contributed by atoms with Gasteiger partial charge < -0.3 is 10.2 Å². The Kier molecular flexibility index (Phi) is 6.72. The molecule has 4 saturated carbocycles. The molecule has 0 aromatic rings. The first-order chi connectivity index (χ1) is 13.4.